The summed E-state index contributed by atoms with van der Waals surface area (Å²) < 4.78 is 6.60. The molecule has 4 nitrogen and oxygen atoms in total. The lowest BCUT2D eigenvalue weighted by Gasteiger charge is -2.07. The lowest BCUT2D eigenvalue weighted by molar-refractivity contribution is -0.115. The zero-order chi connectivity index (χ0) is 19.5. The van der Waals surface area contributed by atoms with Gasteiger partial charge in [-0.15, -0.1) is 0 Å². The maximum absolute atomic E-state index is 12.5. The summed E-state index contributed by atoms with van der Waals surface area (Å²) >= 11 is 4.80. The largest absolute Gasteiger partial charge is 0.493 e. The van der Waals surface area contributed by atoms with Gasteiger partial charge in [0, 0.05) is 15.4 Å². The number of nitrogens with zero attached hydrogens (tertiary/aromatic N) is 1. The van der Waals surface area contributed by atoms with E-state index < -0.39 is 0 Å². The molecular weight excluding hydrogens is 436 g/mol. The van der Waals surface area contributed by atoms with Gasteiger partial charge in [-0.25, -0.2) is 4.99 Å². The molecule has 1 saturated heterocycles. The van der Waals surface area contributed by atoms with Gasteiger partial charge in [0.1, 0.15) is 5.75 Å². The van der Waals surface area contributed by atoms with Crippen LogP contribution in [0.5, 0.6) is 5.75 Å². The predicted octanol–water partition coefficient (Wildman–Crippen LogP) is 5.89. The highest BCUT2D eigenvalue weighted by molar-refractivity contribution is 9.10. The van der Waals surface area contributed by atoms with Crippen molar-refractivity contribution in [1.29, 1.82) is 0 Å². The molecule has 1 amide bonds. The van der Waals surface area contributed by atoms with Gasteiger partial charge in [-0.3, -0.25) is 4.79 Å². The molecule has 0 radical (unpaired) electrons. The standard InChI is InChI=1S/C22H17BrN2O2S/c1-2-27-19-11-10-16(23)12-15(19)13-20-21(26)25-22(28-20)24-18-9-5-7-14-6-3-4-8-17(14)18/h3-13H,2H2,1H3,(H,24,25,26)/b20-13-. The first-order chi connectivity index (χ1) is 13.6. The van der Waals surface area contributed by atoms with E-state index in [1.165, 1.54) is 11.8 Å². The molecule has 6 heteroatoms. The van der Waals surface area contributed by atoms with Crippen molar-refractivity contribution in [3.8, 4) is 5.75 Å². The number of thioether (sulfide) groups is 1. The van der Waals surface area contributed by atoms with E-state index >= 15 is 0 Å². The Morgan fingerprint density at radius 3 is 2.82 bits per heavy atom. The predicted molar refractivity (Wildman–Crippen MR) is 120 cm³/mol. The molecule has 3 aromatic rings. The Kier molecular flexibility index (Phi) is 5.50. The van der Waals surface area contributed by atoms with Gasteiger partial charge in [0.15, 0.2) is 5.17 Å². The molecule has 0 spiro atoms. The number of fused-ring (bicyclic) bond motifs is 1. The molecule has 0 bridgehead atoms. The summed E-state index contributed by atoms with van der Waals surface area (Å²) in [5.74, 6) is 0.581. The number of amides is 1. The van der Waals surface area contributed by atoms with Crippen LogP contribution in [0, 0.1) is 0 Å². The number of nitrogens with one attached hydrogen (secondary N) is 1. The maximum Gasteiger partial charge on any atom is 0.264 e. The highest BCUT2D eigenvalue weighted by atomic mass is 79.9. The number of amidine groups is 1. The molecule has 3 aromatic carbocycles. The second kappa shape index (κ2) is 8.20. The van der Waals surface area contributed by atoms with E-state index in [1.807, 2.05) is 73.7 Å². The van der Waals surface area contributed by atoms with Gasteiger partial charge in [-0.1, -0.05) is 52.3 Å². The van der Waals surface area contributed by atoms with Crippen molar-refractivity contribution < 1.29 is 9.53 Å². The lowest BCUT2D eigenvalue weighted by Crippen LogP contribution is -2.19. The summed E-state index contributed by atoms with van der Waals surface area (Å²) in [5, 5.41) is 5.59. The van der Waals surface area contributed by atoms with Crippen LogP contribution in [0.3, 0.4) is 0 Å². The molecule has 1 aliphatic heterocycles. The molecule has 1 heterocycles. The molecule has 0 aromatic heterocycles. The maximum atomic E-state index is 12.5. The van der Waals surface area contributed by atoms with Crippen LogP contribution in [0.25, 0.3) is 16.8 Å². The van der Waals surface area contributed by atoms with Crippen LogP contribution in [0.1, 0.15) is 12.5 Å². The number of carbonyl (C=O) groups excluding carboxylic acids is 1. The van der Waals surface area contributed by atoms with E-state index in [9.17, 15) is 4.79 Å². The fourth-order valence-electron chi connectivity index (χ4n) is 2.96. The molecule has 1 N–H and O–H groups in total. The third kappa shape index (κ3) is 3.98. The van der Waals surface area contributed by atoms with Gasteiger partial charge < -0.3 is 10.1 Å². The van der Waals surface area contributed by atoms with Crippen molar-refractivity contribution in [1.82, 2.24) is 5.32 Å². The van der Waals surface area contributed by atoms with E-state index in [0.29, 0.717) is 16.7 Å². The van der Waals surface area contributed by atoms with Gasteiger partial charge in [0.2, 0.25) is 0 Å². The van der Waals surface area contributed by atoms with Crippen molar-refractivity contribution in [3.63, 3.8) is 0 Å². The summed E-state index contributed by atoms with van der Waals surface area (Å²) in [6.45, 7) is 2.50. The molecule has 0 aliphatic carbocycles. The topological polar surface area (TPSA) is 50.7 Å². The zero-order valence-electron chi connectivity index (χ0n) is 15.1. The molecule has 1 fully saturated rings. The van der Waals surface area contributed by atoms with Gasteiger partial charge >= 0.3 is 0 Å². The minimum absolute atomic E-state index is 0.161. The van der Waals surface area contributed by atoms with Crippen LogP contribution in [0.2, 0.25) is 0 Å². The van der Waals surface area contributed by atoms with Crippen LogP contribution < -0.4 is 10.1 Å². The van der Waals surface area contributed by atoms with Crippen LogP contribution in [-0.4, -0.2) is 17.7 Å². The second-order valence-electron chi connectivity index (χ2n) is 6.10. The average molecular weight is 453 g/mol. The Hall–Kier alpha value is -2.57. The molecule has 4 rings (SSSR count). The highest BCUT2D eigenvalue weighted by Crippen LogP contribution is 2.33. The van der Waals surface area contributed by atoms with E-state index in [0.717, 1.165) is 32.2 Å². The van der Waals surface area contributed by atoms with Crippen molar-refractivity contribution >= 4 is 61.3 Å². The average Bonchev–Trinajstić information content (AvgIpc) is 3.03. The monoisotopic (exact) mass is 452 g/mol. The Bertz CT molecular complexity index is 1120. The molecule has 1 aliphatic rings. The summed E-state index contributed by atoms with van der Waals surface area (Å²) in [4.78, 5) is 17.7. The molecule has 140 valence electrons. The Morgan fingerprint density at radius 1 is 1.14 bits per heavy atom. The quantitative estimate of drug-likeness (QED) is 0.501. The van der Waals surface area contributed by atoms with Crippen LogP contribution in [0.15, 0.2) is 75.0 Å². The number of rotatable bonds is 4. The fraction of sp³-hybridized carbons (Fsp3) is 0.0909. The normalized spacial score (nSPS) is 16.7. The van der Waals surface area contributed by atoms with Gasteiger partial charge in [-0.2, -0.15) is 0 Å². The Morgan fingerprint density at radius 2 is 1.96 bits per heavy atom. The van der Waals surface area contributed by atoms with Crippen molar-refractivity contribution in [3.05, 3.63) is 75.6 Å². The van der Waals surface area contributed by atoms with Crippen molar-refractivity contribution in [2.45, 2.75) is 6.92 Å². The first kappa shape index (κ1) is 18.8. The zero-order valence-corrected chi connectivity index (χ0v) is 17.5. The molecule has 0 unspecified atom stereocenters. The summed E-state index contributed by atoms with van der Waals surface area (Å²) in [7, 11) is 0. The van der Waals surface area contributed by atoms with Crippen LogP contribution in [0.4, 0.5) is 5.69 Å². The van der Waals surface area contributed by atoms with E-state index in [-0.39, 0.29) is 5.91 Å². The third-order valence-electron chi connectivity index (χ3n) is 4.20. The highest BCUT2D eigenvalue weighted by Gasteiger charge is 2.24. The summed E-state index contributed by atoms with van der Waals surface area (Å²) in [5.41, 5.74) is 1.68. The number of benzene rings is 3. The minimum Gasteiger partial charge on any atom is -0.493 e. The van der Waals surface area contributed by atoms with Gasteiger partial charge in [0.05, 0.1) is 17.2 Å². The lowest BCUT2D eigenvalue weighted by atomic mass is 10.1. The van der Waals surface area contributed by atoms with Crippen molar-refractivity contribution in [2.75, 3.05) is 6.61 Å². The minimum atomic E-state index is -0.161. The fourth-order valence-corrected chi connectivity index (χ4v) is 4.16. The molecular formula is C22H17BrN2O2S. The summed E-state index contributed by atoms with van der Waals surface area (Å²) in [6.07, 6.45) is 1.83. The SMILES string of the molecule is CCOc1ccc(Br)cc1/C=C1\SC(=Nc2cccc3ccccc23)NC1=O. The number of aliphatic imine (C=N–C) groups is 1. The van der Waals surface area contributed by atoms with E-state index in [1.54, 1.807) is 0 Å². The van der Waals surface area contributed by atoms with E-state index in [4.69, 9.17) is 4.74 Å². The number of halogens is 1. The number of hydrogen-bond acceptors (Lipinski definition) is 4. The number of hydrogen-bond donors (Lipinski definition) is 1. The van der Waals surface area contributed by atoms with Gasteiger partial charge in [-0.05, 0) is 54.4 Å². The van der Waals surface area contributed by atoms with Crippen LogP contribution in [-0.2, 0) is 4.79 Å². The molecule has 0 atom stereocenters. The smallest absolute Gasteiger partial charge is 0.264 e. The molecule has 0 saturated carbocycles. The van der Waals surface area contributed by atoms with Crippen LogP contribution >= 0.6 is 27.7 Å². The second-order valence-corrected chi connectivity index (χ2v) is 8.04. The van der Waals surface area contributed by atoms with E-state index in [2.05, 4.69) is 26.2 Å². The number of ether oxygens (including phenoxy) is 1. The first-order valence-electron chi connectivity index (χ1n) is 8.84. The molecule has 28 heavy (non-hydrogen) atoms. The Balaban J connectivity index is 1.67. The number of carbonyl (C=O) groups is 1. The Labute approximate surface area is 175 Å². The van der Waals surface area contributed by atoms with Crippen molar-refractivity contribution in [2.24, 2.45) is 4.99 Å². The first-order valence-corrected chi connectivity index (χ1v) is 10.4. The summed E-state index contributed by atoms with van der Waals surface area (Å²) in [6, 6.07) is 19.8. The van der Waals surface area contributed by atoms with Gasteiger partial charge in [0.25, 0.3) is 5.91 Å². The third-order valence-corrected chi connectivity index (χ3v) is 5.60.